The summed E-state index contributed by atoms with van der Waals surface area (Å²) in [6, 6.07) is 12.9. The predicted octanol–water partition coefficient (Wildman–Crippen LogP) is 3.02. The molecule has 26 heavy (non-hydrogen) atoms. The Balaban J connectivity index is 2.36. The van der Waals surface area contributed by atoms with Crippen LogP contribution in [-0.2, 0) is 10.0 Å². The highest BCUT2D eigenvalue weighted by atomic mass is 32.2. The Hall–Kier alpha value is -3.18. The first-order valence-corrected chi connectivity index (χ1v) is 8.92. The SMILES string of the molecule is COc1ccc(NS(=O)(=O)C(C#N)=Cc2cc(OC)cc(OC)c2)cc1. The second kappa shape index (κ2) is 8.27. The van der Waals surface area contributed by atoms with Crippen molar-refractivity contribution in [2.45, 2.75) is 0 Å². The molecule has 0 atom stereocenters. The van der Waals surface area contributed by atoms with Gasteiger partial charge in [0.2, 0.25) is 0 Å². The van der Waals surface area contributed by atoms with E-state index >= 15 is 0 Å². The van der Waals surface area contributed by atoms with Crippen LogP contribution in [0.1, 0.15) is 5.56 Å². The Morgan fingerprint density at radius 3 is 1.96 bits per heavy atom. The van der Waals surface area contributed by atoms with Gasteiger partial charge < -0.3 is 14.2 Å². The van der Waals surface area contributed by atoms with Gasteiger partial charge in [-0.05, 0) is 48.0 Å². The van der Waals surface area contributed by atoms with E-state index in [1.54, 1.807) is 48.5 Å². The molecule has 1 N–H and O–H groups in total. The quantitative estimate of drug-likeness (QED) is 0.748. The van der Waals surface area contributed by atoms with E-state index in [1.165, 1.54) is 27.4 Å². The topological polar surface area (TPSA) is 97.7 Å². The molecule has 0 spiro atoms. The van der Waals surface area contributed by atoms with Crippen LogP contribution in [0, 0.1) is 11.3 Å². The first-order valence-electron chi connectivity index (χ1n) is 7.43. The molecule has 0 aliphatic rings. The molecule has 2 rings (SSSR count). The zero-order chi connectivity index (χ0) is 19.2. The van der Waals surface area contributed by atoms with Gasteiger partial charge in [0.05, 0.1) is 21.3 Å². The van der Waals surface area contributed by atoms with Crippen LogP contribution in [0.2, 0.25) is 0 Å². The number of rotatable bonds is 7. The number of hydrogen-bond acceptors (Lipinski definition) is 6. The van der Waals surface area contributed by atoms with Crippen LogP contribution in [0.4, 0.5) is 5.69 Å². The van der Waals surface area contributed by atoms with Crippen LogP contribution in [0.25, 0.3) is 6.08 Å². The van der Waals surface area contributed by atoms with Crippen LogP contribution in [0.3, 0.4) is 0 Å². The predicted molar refractivity (Wildman–Crippen MR) is 98.7 cm³/mol. The lowest BCUT2D eigenvalue weighted by molar-refractivity contribution is 0.394. The Kier molecular flexibility index (Phi) is 6.09. The van der Waals surface area contributed by atoms with Gasteiger partial charge in [0.15, 0.2) is 4.91 Å². The van der Waals surface area contributed by atoms with Gasteiger partial charge in [-0.1, -0.05) is 0 Å². The van der Waals surface area contributed by atoms with Crippen molar-refractivity contribution < 1.29 is 22.6 Å². The van der Waals surface area contributed by atoms with E-state index in [-0.39, 0.29) is 0 Å². The maximum Gasteiger partial charge on any atom is 0.272 e. The second-order valence-corrected chi connectivity index (χ2v) is 6.75. The van der Waals surface area contributed by atoms with Crippen LogP contribution in [-0.4, -0.2) is 29.7 Å². The average molecular weight is 374 g/mol. The molecule has 2 aromatic carbocycles. The maximum absolute atomic E-state index is 12.5. The van der Waals surface area contributed by atoms with Crippen LogP contribution < -0.4 is 18.9 Å². The number of nitriles is 1. The molecule has 2 aromatic rings. The summed E-state index contributed by atoms with van der Waals surface area (Å²) < 4.78 is 42.7. The van der Waals surface area contributed by atoms with Crippen molar-refractivity contribution in [1.29, 1.82) is 5.26 Å². The van der Waals surface area contributed by atoms with E-state index in [4.69, 9.17) is 14.2 Å². The lowest BCUT2D eigenvalue weighted by Crippen LogP contribution is -2.14. The molecule has 0 aliphatic carbocycles. The van der Waals surface area contributed by atoms with Crippen molar-refractivity contribution >= 4 is 21.8 Å². The number of allylic oxidation sites excluding steroid dienone is 1. The summed E-state index contributed by atoms with van der Waals surface area (Å²) in [6.07, 6.45) is 1.25. The largest absolute Gasteiger partial charge is 0.497 e. The van der Waals surface area contributed by atoms with Crippen LogP contribution in [0.15, 0.2) is 47.4 Å². The number of anilines is 1. The molecule has 136 valence electrons. The lowest BCUT2D eigenvalue weighted by Gasteiger charge is -2.09. The molecule has 8 heteroatoms. The summed E-state index contributed by atoms with van der Waals surface area (Å²) >= 11 is 0. The van der Waals surface area contributed by atoms with E-state index in [2.05, 4.69) is 4.72 Å². The fraction of sp³-hybridized carbons (Fsp3) is 0.167. The molecule has 7 nitrogen and oxygen atoms in total. The molecule has 0 radical (unpaired) electrons. The van der Waals surface area contributed by atoms with E-state index < -0.39 is 14.9 Å². The average Bonchev–Trinajstić information content (AvgIpc) is 2.65. The minimum Gasteiger partial charge on any atom is -0.497 e. The van der Waals surface area contributed by atoms with Crippen LogP contribution >= 0.6 is 0 Å². The molecule has 0 fully saturated rings. The zero-order valence-corrected chi connectivity index (χ0v) is 15.3. The zero-order valence-electron chi connectivity index (χ0n) is 14.5. The Morgan fingerprint density at radius 2 is 1.50 bits per heavy atom. The van der Waals surface area contributed by atoms with Crippen molar-refractivity contribution in [3.8, 4) is 23.3 Å². The third-order valence-electron chi connectivity index (χ3n) is 3.41. The fourth-order valence-electron chi connectivity index (χ4n) is 2.10. The molecule has 0 aromatic heterocycles. The molecule has 0 saturated carbocycles. The van der Waals surface area contributed by atoms with E-state index in [0.717, 1.165) is 0 Å². The number of hydrogen-bond donors (Lipinski definition) is 1. The molecule has 0 saturated heterocycles. The van der Waals surface area contributed by atoms with Gasteiger partial charge in [-0.15, -0.1) is 0 Å². The number of nitrogens with one attached hydrogen (secondary N) is 1. The van der Waals surface area contributed by atoms with Gasteiger partial charge >= 0.3 is 0 Å². The summed E-state index contributed by atoms with van der Waals surface area (Å²) in [4.78, 5) is -0.441. The highest BCUT2D eigenvalue weighted by molar-refractivity contribution is 7.96. The molecule has 0 heterocycles. The van der Waals surface area contributed by atoms with E-state index in [9.17, 15) is 13.7 Å². The number of methoxy groups -OCH3 is 3. The van der Waals surface area contributed by atoms with Gasteiger partial charge in [-0.2, -0.15) is 5.26 Å². The lowest BCUT2D eigenvalue weighted by atomic mass is 10.2. The van der Waals surface area contributed by atoms with Crippen molar-refractivity contribution in [2.24, 2.45) is 0 Å². The summed E-state index contributed by atoms with van der Waals surface area (Å²) in [5.74, 6) is 1.55. The normalized spacial score (nSPS) is 11.4. The van der Waals surface area contributed by atoms with Gasteiger partial charge in [-0.3, -0.25) is 4.72 Å². The monoisotopic (exact) mass is 374 g/mol. The van der Waals surface area contributed by atoms with Gasteiger partial charge in [0.1, 0.15) is 23.3 Å². The van der Waals surface area contributed by atoms with Crippen molar-refractivity contribution in [3.05, 3.63) is 52.9 Å². The maximum atomic E-state index is 12.5. The van der Waals surface area contributed by atoms with E-state index in [0.29, 0.717) is 28.5 Å². The fourth-order valence-corrected chi connectivity index (χ4v) is 3.07. The molecule has 0 amide bonds. The second-order valence-electron chi connectivity index (χ2n) is 5.10. The van der Waals surface area contributed by atoms with Gasteiger partial charge in [-0.25, -0.2) is 8.42 Å². The Labute approximate surface area is 152 Å². The third kappa shape index (κ3) is 4.68. The molecule has 0 unspecified atom stereocenters. The summed E-state index contributed by atoms with van der Waals surface area (Å²) in [6.45, 7) is 0. The first kappa shape index (κ1) is 19.1. The highest BCUT2D eigenvalue weighted by Crippen LogP contribution is 2.25. The van der Waals surface area contributed by atoms with Crippen molar-refractivity contribution in [3.63, 3.8) is 0 Å². The van der Waals surface area contributed by atoms with Crippen molar-refractivity contribution in [2.75, 3.05) is 26.1 Å². The number of benzene rings is 2. The summed E-state index contributed by atoms with van der Waals surface area (Å²) in [5.41, 5.74) is 0.771. The molecular weight excluding hydrogens is 356 g/mol. The minimum atomic E-state index is -4.05. The van der Waals surface area contributed by atoms with Crippen molar-refractivity contribution in [1.82, 2.24) is 0 Å². The van der Waals surface area contributed by atoms with Crippen LogP contribution in [0.5, 0.6) is 17.2 Å². The summed E-state index contributed by atoms with van der Waals surface area (Å²) in [5, 5.41) is 9.32. The molecule has 0 aliphatic heterocycles. The van der Waals surface area contributed by atoms with Gasteiger partial charge in [0, 0.05) is 11.8 Å². The van der Waals surface area contributed by atoms with E-state index in [1.807, 2.05) is 0 Å². The van der Waals surface area contributed by atoms with Gasteiger partial charge in [0.25, 0.3) is 10.0 Å². The minimum absolute atomic E-state index is 0.315. The third-order valence-corrected chi connectivity index (χ3v) is 4.71. The standard InChI is InChI=1S/C18H18N2O5S/c1-23-15-6-4-14(5-7-15)20-26(21,22)18(12-19)10-13-8-16(24-2)11-17(9-13)25-3/h4-11,20H,1-3H3. The first-order chi connectivity index (χ1) is 12.4. The summed E-state index contributed by atoms with van der Waals surface area (Å²) in [7, 11) is 0.420. The molecular formula is C18H18N2O5S. The molecule has 0 bridgehead atoms. The number of ether oxygens (including phenoxy) is 3. The number of nitrogens with zero attached hydrogens (tertiary/aromatic N) is 1. The highest BCUT2D eigenvalue weighted by Gasteiger charge is 2.18. The Morgan fingerprint density at radius 1 is 0.962 bits per heavy atom. The number of sulfonamides is 1. The smallest absolute Gasteiger partial charge is 0.272 e. The Bertz CT molecular complexity index is 922.